The van der Waals surface area contributed by atoms with Crippen molar-refractivity contribution in [3.05, 3.63) is 53.1 Å². The maximum absolute atomic E-state index is 12.8. The van der Waals surface area contributed by atoms with Gasteiger partial charge in [0.25, 0.3) is 0 Å². The van der Waals surface area contributed by atoms with Crippen molar-refractivity contribution >= 4 is 12.4 Å². The lowest BCUT2D eigenvalue weighted by Crippen LogP contribution is -2.39. The summed E-state index contributed by atoms with van der Waals surface area (Å²) >= 11 is 0. The molecule has 1 aliphatic carbocycles. The van der Waals surface area contributed by atoms with E-state index in [1.54, 1.807) is 26.8 Å². The van der Waals surface area contributed by atoms with Gasteiger partial charge in [-0.2, -0.15) is 0 Å². The maximum atomic E-state index is 12.8. The molecule has 0 aromatic heterocycles. The lowest BCUT2D eigenvalue weighted by atomic mass is 9.96. The third kappa shape index (κ3) is 12.3. The molecule has 0 saturated carbocycles. The lowest BCUT2D eigenvalue weighted by Gasteiger charge is -2.29. The Morgan fingerprint density at radius 1 is 1.13 bits per heavy atom. The number of phenolic OH excluding ortho intramolecular Hbond substituents is 1. The molecule has 1 aromatic rings. The zero-order valence-electron chi connectivity index (χ0n) is 23.7. The number of carbonyl (C=O) groups is 2. The van der Waals surface area contributed by atoms with Crippen LogP contribution in [0, 0.1) is 5.92 Å². The quantitative estimate of drug-likeness (QED) is 0.182. The topological polar surface area (TPSA) is 96.3 Å². The van der Waals surface area contributed by atoms with Gasteiger partial charge < -0.3 is 24.6 Å². The van der Waals surface area contributed by atoms with E-state index in [4.69, 9.17) is 9.47 Å². The first-order chi connectivity index (χ1) is 18.1. The molecule has 1 amide bonds. The highest BCUT2D eigenvalue weighted by molar-refractivity contribution is 5.79. The van der Waals surface area contributed by atoms with Crippen molar-refractivity contribution < 1.29 is 29.3 Å². The van der Waals surface area contributed by atoms with Crippen molar-refractivity contribution in [1.82, 2.24) is 4.90 Å². The number of amides is 1. The van der Waals surface area contributed by atoms with Crippen LogP contribution in [0.3, 0.4) is 0 Å². The number of unbranched alkanes of at least 4 members (excludes halogenated alkanes) is 4. The molecule has 1 aromatic carbocycles. The second kappa shape index (κ2) is 16.4. The monoisotopic (exact) mass is 529 g/mol. The van der Waals surface area contributed by atoms with Crippen LogP contribution in [0.25, 0.3) is 0 Å². The molecule has 0 aliphatic heterocycles. The number of hydrogen-bond donors (Lipinski definition) is 2. The smallest absolute Gasteiger partial charge is 0.410 e. The number of aldehydes is 1. The fourth-order valence-corrected chi connectivity index (χ4v) is 4.23. The van der Waals surface area contributed by atoms with Gasteiger partial charge in [0.05, 0.1) is 18.2 Å². The summed E-state index contributed by atoms with van der Waals surface area (Å²) in [6, 6.07) is 4.35. The SMILES string of the molecule is CC1C=CC(CCCCOCCCCCCN(CC(O)c2ccc(O)c(C=O)c2)C(=O)OC(C)(C)C)=CC1. The van der Waals surface area contributed by atoms with Gasteiger partial charge in [0, 0.05) is 19.8 Å². The first-order valence-corrected chi connectivity index (χ1v) is 14.0. The second-order valence-corrected chi connectivity index (χ2v) is 11.2. The number of rotatable bonds is 16. The zero-order chi connectivity index (χ0) is 28.0. The minimum Gasteiger partial charge on any atom is -0.507 e. The number of aliphatic hydroxyl groups excluding tert-OH is 1. The molecule has 0 bridgehead atoms. The van der Waals surface area contributed by atoms with Gasteiger partial charge in [-0.1, -0.05) is 49.6 Å². The predicted molar refractivity (Wildman–Crippen MR) is 150 cm³/mol. The van der Waals surface area contributed by atoms with Gasteiger partial charge in [0.1, 0.15) is 11.4 Å². The Kier molecular flexibility index (Phi) is 13.6. The largest absolute Gasteiger partial charge is 0.507 e. The van der Waals surface area contributed by atoms with Crippen molar-refractivity contribution in [3.63, 3.8) is 0 Å². The Morgan fingerprint density at radius 3 is 2.50 bits per heavy atom. The van der Waals surface area contributed by atoms with Gasteiger partial charge in [-0.15, -0.1) is 0 Å². The van der Waals surface area contributed by atoms with E-state index in [-0.39, 0.29) is 17.9 Å². The van der Waals surface area contributed by atoms with Gasteiger partial charge in [-0.3, -0.25) is 4.79 Å². The fourth-order valence-electron chi connectivity index (χ4n) is 4.23. The standard InChI is InChI=1S/C31H47NO6/c1-24-12-14-25(15-13-24)11-7-10-20-37-19-9-6-5-8-18-32(30(36)38-31(2,3)4)22-29(35)26-16-17-28(34)27(21-26)23-33/h12,14-17,21,23-24,29,34-35H,5-11,13,18-20,22H2,1-4H3. The van der Waals surface area contributed by atoms with Crippen LogP contribution in [0.4, 0.5) is 4.79 Å². The Labute approximate surface area is 228 Å². The third-order valence-corrected chi connectivity index (χ3v) is 6.47. The van der Waals surface area contributed by atoms with Gasteiger partial charge >= 0.3 is 6.09 Å². The number of carbonyl (C=O) groups excluding carboxylic acids is 2. The summed E-state index contributed by atoms with van der Waals surface area (Å²) in [5.41, 5.74) is 1.35. The van der Waals surface area contributed by atoms with E-state index in [0.29, 0.717) is 24.3 Å². The summed E-state index contributed by atoms with van der Waals surface area (Å²) in [6.45, 7) is 9.68. The Balaban J connectivity index is 1.67. The minimum absolute atomic E-state index is 0.0345. The number of ether oxygens (including phenoxy) is 2. The van der Waals surface area contributed by atoms with Crippen molar-refractivity contribution in [1.29, 1.82) is 0 Å². The van der Waals surface area contributed by atoms with Crippen molar-refractivity contribution in [3.8, 4) is 5.75 Å². The average Bonchev–Trinajstić information content (AvgIpc) is 2.86. The molecule has 0 fully saturated rings. The van der Waals surface area contributed by atoms with E-state index in [9.17, 15) is 19.8 Å². The highest BCUT2D eigenvalue weighted by Crippen LogP contribution is 2.23. The minimum atomic E-state index is -1.01. The molecule has 212 valence electrons. The molecule has 0 saturated heterocycles. The van der Waals surface area contributed by atoms with E-state index in [1.165, 1.54) is 22.6 Å². The van der Waals surface area contributed by atoms with Crippen LogP contribution in [0.1, 0.15) is 101 Å². The fraction of sp³-hybridized carbons (Fsp3) is 0.613. The molecule has 7 nitrogen and oxygen atoms in total. The van der Waals surface area contributed by atoms with Crippen LogP contribution < -0.4 is 0 Å². The molecule has 2 unspecified atom stereocenters. The normalized spacial score (nSPS) is 16.1. The van der Waals surface area contributed by atoms with E-state index >= 15 is 0 Å². The van der Waals surface area contributed by atoms with Crippen molar-refractivity contribution in [2.75, 3.05) is 26.3 Å². The van der Waals surface area contributed by atoms with Crippen molar-refractivity contribution in [2.45, 2.75) is 90.8 Å². The first kappa shape index (κ1) is 31.6. The predicted octanol–water partition coefficient (Wildman–Crippen LogP) is 6.74. The number of aromatic hydroxyl groups is 1. The number of benzene rings is 1. The molecule has 2 N–H and O–H groups in total. The number of hydrogen-bond acceptors (Lipinski definition) is 6. The molecule has 38 heavy (non-hydrogen) atoms. The Bertz CT molecular complexity index is 933. The summed E-state index contributed by atoms with van der Waals surface area (Å²) < 4.78 is 11.3. The van der Waals surface area contributed by atoms with E-state index < -0.39 is 17.8 Å². The number of phenols is 1. The summed E-state index contributed by atoms with van der Waals surface area (Å²) in [7, 11) is 0. The molecule has 0 radical (unpaired) electrons. The van der Waals surface area contributed by atoms with E-state index in [0.717, 1.165) is 64.6 Å². The summed E-state index contributed by atoms with van der Waals surface area (Å²) in [6.07, 6.45) is 14.1. The van der Waals surface area contributed by atoms with Gasteiger partial charge in [0.2, 0.25) is 0 Å². The highest BCUT2D eigenvalue weighted by Gasteiger charge is 2.24. The first-order valence-electron chi connectivity index (χ1n) is 14.0. The molecule has 7 heteroatoms. The molecule has 0 spiro atoms. The Hall–Kier alpha value is -2.64. The van der Waals surface area contributed by atoms with Crippen LogP contribution in [-0.2, 0) is 9.47 Å². The number of allylic oxidation sites excluding steroid dienone is 4. The van der Waals surface area contributed by atoms with Crippen LogP contribution in [0.2, 0.25) is 0 Å². The highest BCUT2D eigenvalue weighted by atomic mass is 16.6. The molecule has 1 aliphatic rings. The average molecular weight is 530 g/mol. The number of nitrogens with zero attached hydrogens (tertiary/aromatic N) is 1. The maximum Gasteiger partial charge on any atom is 0.410 e. The lowest BCUT2D eigenvalue weighted by molar-refractivity contribution is 0.0140. The van der Waals surface area contributed by atoms with E-state index in [1.807, 2.05) is 0 Å². The number of aliphatic hydroxyl groups is 1. The van der Waals surface area contributed by atoms with Gasteiger partial charge in [-0.25, -0.2) is 4.79 Å². The molecule has 2 rings (SSSR count). The van der Waals surface area contributed by atoms with Crippen LogP contribution in [0.15, 0.2) is 42.0 Å². The summed E-state index contributed by atoms with van der Waals surface area (Å²) in [4.78, 5) is 25.4. The van der Waals surface area contributed by atoms with Crippen LogP contribution in [0.5, 0.6) is 5.75 Å². The van der Waals surface area contributed by atoms with Crippen LogP contribution >= 0.6 is 0 Å². The molecule has 0 heterocycles. The van der Waals surface area contributed by atoms with Crippen LogP contribution in [-0.4, -0.2) is 59.4 Å². The summed E-state index contributed by atoms with van der Waals surface area (Å²) in [5.74, 6) is 0.519. The summed E-state index contributed by atoms with van der Waals surface area (Å²) in [5, 5.41) is 20.4. The Morgan fingerprint density at radius 2 is 1.84 bits per heavy atom. The van der Waals surface area contributed by atoms with Crippen molar-refractivity contribution in [2.24, 2.45) is 5.92 Å². The van der Waals surface area contributed by atoms with Gasteiger partial charge in [0.15, 0.2) is 6.29 Å². The van der Waals surface area contributed by atoms with E-state index in [2.05, 4.69) is 25.2 Å². The molecule has 2 atom stereocenters. The molecular weight excluding hydrogens is 482 g/mol. The second-order valence-electron chi connectivity index (χ2n) is 11.2. The molecular formula is C31H47NO6. The zero-order valence-corrected chi connectivity index (χ0v) is 23.7. The third-order valence-electron chi connectivity index (χ3n) is 6.47. The van der Waals surface area contributed by atoms with Gasteiger partial charge in [-0.05, 0) is 82.9 Å².